The highest BCUT2D eigenvalue weighted by Gasteiger charge is 2.46. The predicted molar refractivity (Wildman–Crippen MR) is 67.3 cm³/mol. The van der Waals surface area contributed by atoms with E-state index < -0.39 is 29.9 Å². The van der Waals surface area contributed by atoms with E-state index in [1.165, 1.54) is 0 Å². The van der Waals surface area contributed by atoms with E-state index in [2.05, 4.69) is 5.32 Å². The third kappa shape index (κ3) is 4.09. The molecule has 1 fully saturated rings. The van der Waals surface area contributed by atoms with Crippen molar-refractivity contribution >= 4 is 5.97 Å². The standard InChI is InChI=1S/C13H22F3NO3/c1-4-19-11(18)12(17-3)7-5-6-10(8-12)20-9(2)13(14,15)16/h9-10,17H,4-8H2,1-3H3. The molecule has 0 aromatic heterocycles. The van der Waals surface area contributed by atoms with Crippen LogP contribution in [0.4, 0.5) is 13.2 Å². The first-order valence-corrected chi connectivity index (χ1v) is 6.83. The molecule has 0 aliphatic heterocycles. The Bertz CT molecular complexity index is 335. The van der Waals surface area contributed by atoms with Crippen molar-refractivity contribution in [3.63, 3.8) is 0 Å². The summed E-state index contributed by atoms with van der Waals surface area (Å²) in [5.74, 6) is -0.421. The summed E-state index contributed by atoms with van der Waals surface area (Å²) >= 11 is 0. The fourth-order valence-electron chi connectivity index (χ4n) is 2.49. The molecule has 0 saturated heterocycles. The van der Waals surface area contributed by atoms with Gasteiger partial charge in [-0.1, -0.05) is 0 Å². The van der Waals surface area contributed by atoms with E-state index in [0.717, 1.165) is 6.92 Å². The molecular formula is C13H22F3NO3. The fourth-order valence-corrected chi connectivity index (χ4v) is 2.49. The minimum atomic E-state index is -4.39. The quantitative estimate of drug-likeness (QED) is 0.792. The molecule has 0 aromatic carbocycles. The number of rotatable bonds is 5. The molecule has 0 amide bonds. The highest BCUT2D eigenvalue weighted by molar-refractivity contribution is 5.81. The number of hydrogen-bond donors (Lipinski definition) is 1. The van der Waals surface area contributed by atoms with Crippen LogP contribution in [0.25, 0.3) is 0 Å². The monoisotopic (exact) mass is 297 g/mol. The number of esters is 1. The molecule has 20 heavy (non-hydrogen) atoms. The summed E-state index contributed by atoms with van der Waals surface area (Å²) in [5.41, 5.74) is -0.940. The van der Waals surface area contributed by atoms with Crippen LogP contribution in [0.3, 0.4) is 0 Å². The normalized spacial score (nSPS) is 29.0. The minimum absolute atomic E-state index is 0.197. The Morgan fingerprint density at radius 1 is 1.50 bits per heavy atom. The average Bonchev–Trinajstić information content (AvgIpc) is 2.38. The van der Waals surface area contributed by atoms with Crippen molar-refractivity contribution in [1.29, 1.82) is 0 Å². The number of alkyl halides is 3. The number of likely N-dealkylation sites (N-methyl/N-ethyl adjacent to an activating group) is 1. The first kappa shape index (κ1) is 17.2. The van der Waals surface area contributed by atoms with Crippen LogP contribution >= 0.6 is 0 Å². The lowest BCUT2D eigenvalue weighted by molar-refractivity contribution is -0.231. The summed E-state index contributed by atoms with van der Waals surface area (Å²) < 4.78 is 47.7. The lowest BCUT2D eigenvalue weighted by Crippen LogP contribution is -2.56. The second-order valence-corrected chi connectivity index (χ2v) is 5.09. The molecule has 1 saturated carbocycles. The Morgan fingerprint density at radius 2 is 2.15 bits per heavy atom. The molecule has 0 heterocycles. The summed E-state index contributed by atoms with van der Waals surface area (Å²) in [4.78, 5) is 12.0. The van der Waals surface area contributed by atoms with Crippen molar-refractivity contribution < 1.29 is 27.4 Å². The Balaban J connectivity index is 2.71. The van der Waals surface area contributed by atoms with Crippen molar-refractivity contribution in [3.05, 3.63) is 0 Å². The first-order chi connectivity index (χ1) is 9.25. The van der Waals surface area contributed by atoms with Crippen molar-refractivity contribution in [3.8, 4) is 0 Å². The SMILES string of the molecule is CCOC(=O)C1(NC)CCCC(OC(C)C(F)(F)F)C1. The molecule has 0 radical (unpaired) electrons. The lowest BCUT2D eigenvalue weighted by atomic mass is 9.80. The zero-order valence-corrected chi connectivity index (χ0v) is 12.0. The Morgan fingerprint density at radius 3 is 2.65 bits per heavy atom. The van der Waals surface area contributed by atoms with Crippen molar-refractivity contribution in [1.82, 2.24) is 5.32 Å². The van der Waals surface area contributed by atoms with Gasteiger partial charge in [-0.3, -0.25) is 4.79 Å². The number of nitrogens with one attached hydrogen (secondary N) is 1. The topological polar surface area (TPSA) is 47.6 Å². The second kappa shape index (κ2) is 6.76. The highest BCUT2D eigenvalue weighted by atomic mass is 19.4. The van der Waals surface area contributed by atoms with E-state index in [0.29, 0.717) is 19.3 Å². The highest BCUT2D eigenvalue weighted by Crippen LogP contribution is 2.34. The molecule has 1 aliphatic rings. The van der Waals surface area contributed by atoms with Crippen LogP contribution in [0.5, 0.6) is 0 Å². The van der Waals surface area contributed by atoms with Crippen molar-refractivity contribution in [2.24, 2.45) is 0 Å². The Kier molecular flexibility index (Phi) is 5.82. The molecule has 1 aliphatic carbocycles. The van der Waals surface area contributed by atoms with Gasteiger partial charge in [0.15, 0.2) is 6.10 Å². The maximum Gasteiger partial charge on any atom is 0.414 e. The van der Waals surface area contributed by atoms with Gasteiger partial charge in [0.2, 0.25) is 0 Å². The molecule has 1 rings (SSSR count). The molecule has 3 unspecified atom stereocenters. The van der Waals surface area contributed by atoms with Crippen molar-refractivity contribution in [2.45, 2.75) is 63.5 Å². The zero-order chi connectivity index (χ0) is 15.4. The molecular weight excluding hydrogens is 275 g/mol. The van der Waals surface area contributed by atoms with Gasteiger partial charge in [-0.05, 0) is 40.2 Å². The number of carbonyl (C=O) groups excluding carboxylic acids is 1. The van der Waals surface area contributed by atoms with Gasteiger partial charge >= 0.3 is 12.1 Å². The molecule has 0 spiro atoms. The molecule has 0 aromatic rings. The van der Waals surface area contributed by atoms with E-state index in [1.54, 1.807) is 14.0 Å². The number of halogens is 3. The van der Waals surface area contributed by atoms with Gasteiger partial charge in [0.05, 0.1) is 12.7 Å². The number of carbonyl (C=O) groups is 1. The van der Waals surface area contributed by atoms with Gasteiger partial charge in [0, 0.05) is 6.42 Å². The van der Waals surface area contributed by atoms with Gasteiger partial charge < -0.3 is 14.8 Å². The van der Waals surface area contributed by atoms with Gasteiger partial charge in [-0.15, -0.1) is 0 Å². The number of ether oxygens (including phenoxy) is 2. The molecule has 7 heteroatoms. The van der Waals surface area contributed by atoms with Crippen LogP contribution in [-0.2, 0) is 14.3 Å². The third-order valence-electron chi connectivity index (χ3n) is 3.71. The smallest absolute Gasteiger partial charge is 0.414 e. The summed E-state index contributed by atoms with van der Waals surface area (Å²) in [7, 11) is 1.62. The van der Waals surface area contributed by atoms with Crippen LogP contribution in [0, 0.1) is 0 Å². The summed E-state index contributed by atoms with van der Waals surface area (Å²) in [5, 5.41) is 2.91. The molecule has 118 valence electrons. The zero-order valence-electron chi connectivity index (χ0n) is 12.0. The summed E-state index contributed by atoms with van der Waals surface area (Å²) in [6.45, 7) is 2.93. The number of hydrogen-bond acceptors (Lipinski definition) is 4. The second-order valence-electron chi connectivity index (χ2n) is 5.09. The van der Waals surface area contributed by atoms with Crippen LogP contribution in [0.2, 0.25) is 0 Å². The van der Waals surface area contributed by atoms with Crippen LogP contribution in [-0.4, -0.2) is 43.5 Å². The van der Waals surface area contributed by atoms with Crippen molar-refractivity contribution in [2.75, 3.05) is 13.7 Å². The van der Waals surface area contributed by atoms with Gasteiger partial charge in [-0.2, -0.15) is 13.2 Å². The van der Waals surface area contributed by atoms with Gasteiger partial charge in [-0.25, -0.2) is 0 Å². The first-order valence-electron chi connectivity index (χ1n) is 6.83. The third-order valence-corrected chi connectivity index (χ3v) is 3.71. The maximum absolute atomic E-state index is 12.5. The van der Waals surface area contributed by atoms with Gasteiger partial charge in [0.1, 0.15) is 5.54 Å². The van der Waals surface area contributed by atoms with E-state index in [1.807, 2.05) is 0 Å². The molecule has 3 atom stereocenters. The van der Waals surface area contributed by atoms with E-state index in [-0.39, 0.29) is 13.0 Å². The Labute approximate surface area is 117 Å². The van der Waals surface area contributed by atoms with Crippen LogP contribution < -0.4 is 5.32 Å². The Hall–Kier alpha value is -0.820. The van der Waals surface area contributed by atoms with Gasteiger partial charge in [0.25, 0.3) is 0 Å². The van der Waals surface area contributed by atoms with E-state index >= 15 is 0 Å². The van der Waals surface area contributed by atoms with E-state index in [4.69, 9.17) is 9.47 Å². The van der Waals surface area contributed by atoms with Crippen LogP contribution in [0.1, 0.15) is 39.5 Å². The lowest BCUT2D eigenvalue weighted by Gasteiger charge is -2.39. The minimum Gasteiger partial charge on any atom is -0.465 e. The fraction of sp³-hybridized carbons (Fsp3) is 0.923. The summed E-state index contributed by atoms with van der Waals surface area (Å²) in [6.07, 6.45) is -4.94. The van der Waals surface area contributed by atoms with E-state index in [9.17, 15) is 18.0 Å². The maximum atomic E-state index is 12.5. The predicted octanol–water partition coefficient (Wildman–Crippen LogP) is 2.42. The molecule has 1 N–H and O–H groups in total. The molecule has 0 bridgehead atoms. The van der Waals surface area contributed by atoms with Crippen LogP contribution in [0.15, 0.2) is 0 Å². The molecule has 4 nitrogen and oxygen atoms in total. The average molecular weight is 297 g/mol. The largest absolute Gasteiger partial charge is 0.465 e. The summed E-state index contributed by atoms with van der Waals surface area (Å²) in [6, 6.07) is 0.